The molecule has 7 heteroatoms. The predicted octanol–water partition coefficient (Wildman–Crippen LogP) is 3.36. The Morgan fingerprint density at radius 3 is 2.70 bits per heavy atom. The molecule has 1 aromatic rings. The number of benzene rings is 1. The number of allylic oxidation sites excluding steroid dienone is 1. The Balaban J connectivity index is 1.25. The van der Waals surface area contributed by atoms with E-state index in [9.17, 15) is 9.18 Å². The van der Waals surface area contributed by atoms with Gasteiger partial charge in [-0.1, -0.05) is 12.1 Å². The number of nitrogens with two attached hydrogens (primary N) is 1. The molecule has 1 heterocycles. The minimum absolute atomic E-state index is 0.167. The summed E-state index contributed by atoms with van der Waals surface area (Å²) in [5.74, 6) is 0.965. The molecule has 2 atom stereocenters. The van der Waals surface area contributed by atoms with Crippen LogP contribution in [0.2, 0.25) is 0 Å². The first-order valence-electron chi connectivity index (χ1n) is 12.3. The van der Waals surface area contributed by atoms with E-state index < -0.39 is 5.67 Å². The maximum Gasteiger partial charge on any atom is 0.255 e. The summed E-state index contributed by atoms with van der Waals surface area (Å²) < 4.78 is 13.9. The Hall–Kier alpha value is -2.25. The lowest BCUT2D eigenvalue weighted by atomic mass is 10.0. The first kappa shape index (κ1) is 23.9. The van der Waals surface area contributed by atoms with Crippen molar-refractivity contribution in [3.8, 4) is 0 Å². The van der Waals surface area contributed by atoms with Crippen molar-refractivity contribution in [1.82, 2.24) is 15.5 Å². The van der Waals surface area contributed by atoms with Crippen LogP contribution in [-0.2, 0) is 0 Å². The predicted molar refractivity (Wildman–Crippen MR) is 131 cm³/mol. The molecule has 6 nitrogen and oxygen atoms in total. The van der Waals surface area contributed by atoms with Crippen LogP contribution in [0.5, 0.6) is 0 Å². The number of piperidine rings is 1. The zero-order chi connectivity index (χ0) is 23.4. The fourth-order valence-corrected chi connectivity index (χ4v) is 4.67. The number of carbonyl (C=O) groups is 1. The molecule has 1 aliphatic heterocycles. The Morgan fingerprint density at radius 1 is 1.27 bits per heavy atom. The molecule has 2 saturated carbocycles. The summed E-state index contributed by atoms with van der Waals surface area (Å²) in [6.45, 7) is 6.49. The van der Waals surface area contributed by atoms with Crippen molar-refractivity contribution in [3.63, 3.8) is 0 Å². The first-order chi connectivity index (χ1) is 15.8. The van der Waals surface area contributed by atoms with Crippen molar-refractivity contribution in [2.75, 3.05) is 26.2 Å². The topological polar surface area (TPSA) is 82.8 Å². The Bertz CT molecular complexity index is 881. The number of alkyl halides is 1. The Morgan fingerprint density at radius 2 is 2.03 bits per heavy atom. The third-order valence-electron chi connectivity index (χ3n) is 6.73. The zero-order valence-corrected chi connectivity index (χ0v) is 19.9. The molecule has 4 N–H and O–H groups in total. The number of aliphatic imine (C=N–C) groups is 1. The van der Waals surface area contributed by atoms with Crippen molar-refractivity contribution in [2.24, 2.45) is 16.6 Å². The van der Waals surface area contributed by atoms with Crippen LogP contribution < -0.4 is 16.4 Å². The summed E-state index contributed by atoms with van der Waals surface area (Å²) in [5.41, 5.74) is 6.89. The summed E-state index contributed by atoms with van der Waals surface area (Å²) in [5, 5.41) is 6.65. The molecule has 2 aliphatic carbocycles. The minimum Gasteiger partial charge on any atom is -0.403 e. The number of likely N-dealkylation sites (tertiary alicyclic amines) is 1. The summed E-state index contributed by atoms with van der Waals surface area (Å²) in [6, 6.07) is 8.81. The van der Waals surface area contributed by atoms with E-state index in [4.69, 9.17) is 5.73 Å². The van der Waals surface area contributed by atoms with Crippen LogP contribution in [0.15, 0.2) is 41.2 Å². The van der Waals surface area contributed by atoms with E-state index >= 15 is 0 Å². The normalized spacial score (nSPS) is 24.9. The lowest BCUT2D eigenvalue weighted by molar-refractivity contribution is 0.0967. The van der Waals surface area contributed by atoms with Crippen molar-refractivity contribution in [2.45, 2.75) is 69.6 Å². The summed E-state index contributed by atoms with van der Waals surface area (Å²) in [4.78, 5) is 19.3. The van der Waals surface area contributed by atoms with Crippen LogP contribution in [0.3, 0.4) is 0 Å². The number of halogens is 1. The molecule has 180 valence electrons. The van der Waals surface area contributed by atoms with E-state index in [0.29, 0.717) is 41.7 Å². The molecule has 0 spiro atoms. The first-order valence-corrected chi connectivity index (χ1v) is 12.3. The second kappa shape index (κ2) is 10.3. The van der Waals surface area contributed by atoms with E-state index in [2.05, 4.69) is 26.6 Å². The molecule has 2 unspecified atom stereocenters. The molecular formula is C26H38FN5O. The standard InChI is InChI=1S/C26H38FN5O/c1-26(2,27)17-32-10-8-21(9-11-32)30-24-13-23(24)19-4-3-5-20(12-19)25(33)31-22(14-28)16-29-15-18-6-7-18/h3-5,12,14,16,18,21,23-24,30H,6-11,13,15,17,28H2,1-2H3,(H,31,33). The van der Waals surface area contributed by atoms with Gasteiger partial charge in [0.25, 0.3) is 5.91 Å². The second-order valence-corrected chi connectivity index (χ2v) is 10.5. The fraction of sp³-hybridized carbons (Fsp3) is 0.615. The van der Waals surface area contributed by atoms with Crippen molar-refractivity contribution >= 4 is 12.1 Å². The van der Waals surface area contributed by atoms with Gasteiger partial charge in [-0.15, -0.1) is 0 Å². The van der Waals surface area contributed by atoms with Crippen LogP contribution >= 0.6 is 0 Å². The second-order valence-electron chi connectivity index (χ2n) is 10.5. The summed E-state index contributed by atoms with van der Waals surface area (Å²) >= 11 is 0. The zero-order valence-electron chi connectivity index (χ0n) is 19.9. The molecule has 0 aromatic heterocycles. The van der Waals surface area contributed by atoms with Crippen molar-refractivity contribution < 1.29 is 9.18 Å². The van der Waals surface area contributed by atoms with Crippen molar-refractivity contribution in [1.29, 1.82) is 0 Å². The molecule has 3 aliphatic rings. The third-order valence-corrected chi connectivity index (χ3v) is 6.73. The third kappa shape index (κ3) is 7.37. The van der Waals surface area contributed by atoms with Gasteiger partial charge in [0.15, 0.2) is 0 Å². The molecule has 0 radical (unpaired) electrons. The van der Waals surface area contributed by atoms with Gasteiger partial charge in [0.05, 0.1) is 5.70 Å². The van der Waals surface area contributed by atoms with Gasteiger partial charge >= 0.3 is 0 Å². The van der Waals surface area contributed by atoms with Crippen LogP contribution in [-0.4, -0.2) is 61.0 Å². The van der Waals surface area contributed by atoms with Gasteiger partial charge in [-0.05, 0) is 82.7 Å². The maximum absolute atomic E-state index is 13.9. The lowest BCUT2D eigenvalue weighted by Crippen LogP contribution is -2.46. The van der Waals surface area contributed by atoms with Gasteiger partial charge in [-0.3, -0.25) is 9.79 Å². The van der Waals surface area contributed by atoms with Gasteiger partial charge in [0, 0.05) is 49.1 Å². The number of amides is 1. The molecular weight excluding hydrogens is 417 g/mol. The number of rotatable bonds is 10. The number of hydrogen-bond donors (Lipinski definition) is 3. The largest absolute Gasteiger partial charge is 0.403 e. The molecule has 0 bridgehead atoms. The lowest BCUT2D eigenvalue weighted by Gasteiger charge is -2.35. The van der Waals surface area contributed by atoms with Crippen molar-refractivity contribution in [3.05, 3.63) is 47.3 Å². The maximum atomic E-state index is 13.9. The number of nitrogens with zero attached hydrogens (tertiary/aromatic N) is 2. The van der Waals surface area contributed by atoms with E-state index in [0.717, 1.165) is 38.9 Å². The van der Waals surface area contributed by atoms with Crippen LogP contribution in [0, 0.1) is 5.92 Å². The number of hydrogen-bond acceptors (Lipinski definition) is 5. The molecule has 1 amide bonds. The van der Waals surface area contributed by atoms with E-state index in [-0.39, 0.29) is 5.91 Å². The number of carbonyl (C=O) groups excluding carboxylic acids is 1. The van der Waals surface area contributed by atoms with Gasteiger partial charge < -0.3 is 21.3 Å². The highest BCUT2D eigenvalue weighted by molar-refractivity contribution is 5.99. The molecule has 1 aromatic carbocycles. The summed E-state index contributed by atoms with van der Waals surface area (Å²) in [7, 11) is 0. The average molecular weight is 456 g/mol. The molecule has 4 rings (SSSR count). The SMILES string of the molecule is CC(C)(F)CN1CCC(NC2CC2c2cccc(C(=O)NC(C=NCC3CC3)=CN)c2)CC1. The van der Waals surface area contributed by atoms with E-state index in [1.165, 1.54) is 24.6 Å². The minimum atomic E-state index is -1.14. The molecule has 33 heavy (non-hydrogen) atoms. The fourth-order valence-electron chi connectivity index (χ4n) is 4.67. The number of nitrogens with one attached hydrogen (secondary N) is 2. The van der Waals surface area contributed by atoms with Crippen LogP contribution in [0.4, 0.5) is 4.39 Å². The van der Waals surface area contributed by atoms with Gasteiger partial charge in [-0.25, -0.2) is 4.39 Å². The highest BCUT2D eigenvalue weighted by atomic mass is 19.1. The molecule has 3 fully saturated rings. The van der Waals surface area contributed by atoms with Crippen LogP contribution in [0.25, 0.3) is 0 Å². The monoisotopic (exact) mass is 455 g/mol. The van der Waals surface area contributed by atoms with E-state index in [1.54, 1.807) is 20.1 Å². The van der Waals surface area contributed by atoms with Gasteiger partial charge in [0.2, 0.25) is 0 Å². The van der Waals surface area contributed by atoms with Gasteiger partial charge in [0.1, 0.15) is 5.67 Å². The highest BCUT2D eigenvalue weighted by Crippen LogP contribution is 2.41. The van der Waals surface area contributed by atoms with E-state index in [1.807, 2.05) is 18.2 Å². The molecule has 1 saturated heterocycles. The highest BCUT2D eigenvalue weighted by Gasteiger charge is 2.40. The Labute approximate surface area is 196 Å². The quantitative estimate of drug-likeness (QED) is 0.473. The summed E-state index contributed by atoms with van der Waals surface area (Å²) in [6.07, 6.45) is 8.72. The Kier molecular flexibility index (Phi) is 7.49. The van der Waals surface area contributed by atoms with Crippen LogP contribution in [0.1, 0.15) is 67.8 Å². The smallest absolute Gasteiger partial charge is 0.255 e. The van der Waals surface area contributed by atoms with Gasteiger partial charge in [-0.2, -0.15) is 0 Å². The average Bonchev–Trinajstić information content (AvgIpc) is 3.70.